The Labute approximate surface area is 172 Å². The fraction of sp³-hybridized carbons (Fsp3) is 0.688. The number of aliphatic hydroxyl groups excluding tert-OH is 1. The second kappa shape index (κ2) is 11.6. The Kier molecular flexibility index (Phi) is 9.85. The van der Waals surface area contributed by atoms with Gasteiger partial charge in [0.15, 0.2) is 0 Å². The zero-order valence-corrected chi connectivity index (χ0v) is 16.5. The van der Waals surface area contributed by atoms with E-state index in [2.05, 4.69) is 23.3 Å². The van der Waals surface area contributed by atoms with Crippen molar-refractivity contribution >= 4 is 42.3 Å². The molecule has 4 unspecified atom stereocenters. The van der Waals surface area contributed by atoms with Gasteiger partial charge in [0.2, 0.25) is 17.7 Å². The molecule has 1 heterocycles. The lowest BCUT2D eigenvalue weighted by Gasteiger charge is -2.29. The third-order valence-corrected chi connectivity index (χ3v) is 4.80. The zero-order valence-electron chi connectivity index (χ0n) is 15.6. The summed E-state index contributed by atoms with van der Waals surface area (Å²) in [5, 5.41) is 31.7. The molecule has 0 aromatic carbocycles. The summed E-state index contributed by atoms with van der Waals surface area (Å²) >= 11 is 3.86. The highest BCUT2D eigenvalue weighted by atomic mass is 32.1. The van der Waals surface area contributed by atoms with E-state index in [4.69, 9.17) is 15.9 Å². The van der Waals surface area contributed by atoms with E-state index in [0.717, 1.165) is 4.90 Å². The van der Waals surface area contributed by atoms with Gasteiger partial charge in [0.1, 0.15) is 18.1 Å². The summed E-state index contributed by atoms with van der Waals surface area (Å²) in [6, 6.07) is -4.72. The van der Waals surface area contributed by atoms with Crippen LogP contribution in [-0.4, -0.2) is 93.0 Å². The number of nitrogens with two attached hydrogens (primary N) is 1. The van der Waals surface area contributed by atoms with Gasteiger partial charge in [-0.05, 0) is 19.3 Å². The van der Waals surface area contributed by atoms with Crippen molar-refractivity contribution in [3.63, 3.8) is 0 Å². The van der Waals surface area contributed by atoms with Gasteiger partial charge in [-0.2, -0.15) is 12.6 Å². The first-order chi connectivity index (χ1) is 13.6. The van der Waals surface area contributed by atoms with E-state index < -0.39 is 60.4 Å². The number of carboxylic acid groups (broad SMARTS) is 2. The van der Waals surface area contributed by atoms with Gasteiger partial charge in [-0.15, -0.1) is 0 Å². The topological polar surface area (TPSA) is 199 Å². The highest BCUT2D eigenvalue weighted by Gasteiger charge is 2.38. The Balaban J connectivity index is 2.76. The number of rotatable bonds is 11. The standard InChI is InChI=1S/C16H26N4O8S/c17-8(3-4-12(22)23)13(24)18-9(6-21)15(26)20-5-1-2-11(20)14(25)19-10(7-29)16(27)28/h8-11,21,29H,1-7,17H2,(H,18,24)(H,19,25)(H,22,23)(H,27,28). The first-order valence-electron chi connectivity index (χ1n) is 8.95. The molecule has 1 rings (SSSR count). The predicted octanol–water partition coefficient (Wildman–Crippen LogP) is -2.85. The fourth-order valence-corrected chi connectivity index (χ4v) is 3.08. The highest BCUT2D eigenvalue weighted by Crippen LogP contribution is 2.19. The normalized spacial score (nSPS) is 19.1. The lowest BCUT2D eigenvalue weighted by atomic mass is 10.1. The second-order valence-electron chi connectivity index (χ2n) is 6.55. The molecule has 1 aliphatic rings. The first kappa shape index (κ1) is 24.7. The van der Waals surface area contributed by atoms with Crippen molar-refractivity contribution in [2.45, 2.75) is 49.9 Å². The smallest absolute Gasteiger partial charge is 0.327 e. The van der Waals surface area contributed by atoms with Gasteiger partial charge in [0, 0.05) is 18.7 Å². The third-order valence-electron chi connectivity index (χ3n) is 4.44. The molecule has 13 heteroatoms. The number of hydrogen-bond acceptors (Lipinski definition) is 8. The number of amides is 3. The summed E-state index contributed by atoms with van der Waals surface area (Å²) in [5.74, 6) is -4.72. The average molecular weight is 434 g/mol. The quantitative estimate of drug-likeness (QED) is 0.167. The van der Waals surface area contributed by atoms with Crippen LogP contribution >= 0.6 is 12.6 Å². The van der Waals surface area contributed by atoms with Gasteiger partial charge < -0.3 is 36.6 Å². The number of carbonyl (C=O) groups is 5. The summed E-state index contributed by atoms with van der Waals surface area (Å²) in [5.41, 5.74) is 5.59. The zero-order chi connectivity index (χ0) is 22.1. The number of hydrogen-bond donors (Lipinski definition) is 7. The molecule has 1 saturated heterocycles. The van der Waals surface area contributed by atoms with Crippen molar-refractivity contribution in [1.29, 1.82) is 0 Å². The summed E-state index contributed by atoms with van der Waals surface area (Å²) < 4.78 is 0. The Morgan fingerprint density at radius 3 is 2.31 bits per heavy atom. The molecule has 0 saturated carbocycles. The van der Waals surface area contributed by atoms with Gasteiger partial charge in [0.05, 0.1) is 12.6 Å². The summed E-state index contributed by atoms with van der Waals surface area (Å²) in [6.45, 7) is -0.567. The number of nitrogens with zero attached hydrogens (tertiary/aromatic N) is 1. The predicted molar refractivity (Wildman–Crippen MR) is 102 cm³/mol. The molecule has 0 spiro atoms. The van der Waals surface area contributed by atoms with E-state index in [0.29, 0.717) is 12.8 Å². The number of aliphatic hydroxyl groups is 1. The van der Waals surface area contributed by atoms with Crippen LogP contribution in [0, 0.1) is 0 Å². The summed E-state index contributed by atoms with van der Waals surface area (Å²) in [4.78, 5) is 59.9. The van der Waals surface area contributed by atoms with Crippen molar-refractivity contribution in [3.05, 3.63) is 0 Å². The maximum Gasteiger partial charge on any atom is 0.327 e. The molecule has 0 bridgehead atoms. The van der Waals surface area contributed by atoms with Crippen LogP contribution in [0.15, 0.2) is 0 Å². The van der Waals surface area contributed by atoms with Gasteiger partial charge in [0.25, 0.3) is 0 Å². The van der Waals surface area contributed by atoms with Crippen molar-refractivity contribution < 1.29 is 39.3 Å². The van der Waals surface area contributed by atoms with E-state index in [1.807, 2.05) is 0 Å². The van der Waals surface area contributed by atoms with Crippen molar-refractivity contribution in [3.8, 4) is 0 Å². The van der Waals surface area contributed by atoms with Crippen molar-refractivity contribution in [1.82, 2.24) is 15.5 Å². The molecule has 1 fully saturated rings. The molecule has 164 valence electrons. The molecule has 0 aromatic rings. The molecule has 0 radical (unpaired) electrons. The third kappa shape index (κ3) is 7.18. The molecule has 0 aliphatic carbocycles. The Morgan fingerprint density at radius 2 is 1.79 bits per heavy atom. The minimum Gasteiger partial charge on any atom is -0.481 e. The van der Waals surface area contributed by atoms with E-state index in [-0.39, 0.29) is 25.1 Å². The Hall–Kier alpha value is -2.38. The van der Waals surface area contributed by atoms with Crippen molar-refractivity contribution in [2.75, 3.05) is 18.9 Å². The molecule has 29 heavy (non-hydrogen) atoms. The number of carbonyl (C=O) groups excluding carboxylic acids is 3. The number of carboxylic acids is 2. The number of aliphatic carboxylic acids is 2. The van der Waals surface area contributed by atoms with Crippen LogP contribution in [-0.2, 0) is 24.0 Å². The molecular weight excluding hydrogens is 408 g/mol. The monoisotopic (exact) mass is 434 g/mol. The minimum absolute atomic E-state index is 0.134. The van der Waals surface area contributed by atoms with Crippen LogP contribution in [0.4, 0.5) is 0 Å². The molecule has 12 nitrogen and oxygen atoms in total. The van der Waals surface area contributed by atoms with Gasteiger partial charge in [-0.25, -0.2) is 4.79 Å². The van der Waals surface area contributed by atoms with E-state index in [9.17, 15) is 29.1 Å². The molecule has 1 aliphatic heterocycles. The lowest BCUT2D eigenvalue weighted by Crippen LogP contribution is -2.58. The largest absolute Gasteiger partial charge is 0.481 e. The van der Waals surface area contributed by atoms with E-state index in [1.54, 1.807) is 0 Å². The fourth-order valence-electron chi connectivity index (χ4n) is 2.83. The van der Waals surface area contributed by atoms with Gasteiger partial charge in [-0.3, -0.25) is 19.2 Å². The van der Waals surface area contributed by atoms with Crippen LogP contribution < -0.4 is 16.4 Å². The Morgan fingerprint density at radius 1 is 1.14 bits per heavy atom. The summed E-state index contributed by atoms with van der Waals surface area (Å²) in [6.07, 6.45) is 0.284. The summed E-state index contributed by atoms with van der Waals surface area (Å²) in [7, 11) is 0. The maximum atomic E-state index is 12.7. The van der Waals surface area contributed by atoms with E-state index >= 15 is 0 Å². The van der Waals surface area contributed by atoms with E-state index in [1.165, 1.54) is 0 Å². The highest BCUT2D eigenvalue weighted by molar-refractivity contribution is 7.80. The van der Waals surface area contributed by atoms with Crippen LogP contribution in [0.3, 0.4) is 0 Å². The molecule has 4 atom stereocenters. The second-order valence-corrected chi connectivity index (χ2v) is 6.92. The van der Waals surface area contributed by atoms with Crippen LogP contribution in [0.5, 0.6) is 0 Å². The Bertz CT molecular complexity index is 646. The SMILES string of the molecule is NC(CCC(=O)O)C(=O)NC(CO)C(=O)N1CCCC1C(=O)NC(CS)C(=O)O. The number of nitrogens with one attached hydrogen (secondary N) is 2. The molecule has 7 N–H and O–H groups in total. The molecule has 3 amide bonds. The maximum absolute atomic E-state index is 12.7. The van der Waals surface area contributed by atoms with Gasteiger partial charge >= 0.3 is 11.9 Å². The number of likely N-dealkylation sites (tertiary alicyclic amines) is 1. The average Bonchev–Trinajstić information content (AvgIpc) is 3.16. The lowest BCUT2D eigenvalue weighted by molar-refractivity contribution is -0.145. The first-order valence-corrected chi connectivity index (χ1v) is 9.58. The van der Waals surface area contributed by atoms with Crippen molar-refractivity contribution in [2.24, 2.45) is 5.73 Å². The van der Waals surface area contributed by atoms with Crippen LogP contribution in [0.1, 0.15) is 25.7 Å². The molecular formula is C16H26N4O8S. The van der Waals surface area contributed by atoms with Gasteiger partial charge in [-0.1, -0.05) is 0 Å². The molecule has 0 aromatic heterocycles. The minimum atomic E-state index is -1.37. The van der Waals surface area contributed by atoms with Crippen LogP contribution in [0.25, 0.3) is 0 Å². The number of thiol groups is 1. The van der Waals surface area contributed by atoms with Crippen LogP contribution in [0.2, 0.25) is 0 Å².